The average molecular weight is 371 g/mol. The Morgan fingerprint density at radius 3 is 2.60 bits per heavy atom. The van der Waals surface area contributed by atoms with E-state index in [0.717, 1.165) is 31.4 Å². The molecule has 2 aliphatic rings. The van der Waals surface area contributed by atoms with Crippen molar-refractivity contribution in [1.82, 2.24) is 0 Å². The highest BCUT2D eigenvalue weighted by Gasteiger charge is 2.46. The van der Waals surface area contributed by atoms with Crippen molar-refractivity contribution in [2.24, 2.45) is 5.92 Å². The first-order chi connectivity index (χ1) is 11.7. The zero-order valence-corrected chi connectivity index (χ0v) is 17.4. The maximum absolute atomic E-state index is 10.8. The second-order valence-electron chi connectivity index (χ2n) is 8.68. The molecule has 0 aromatic rings. The molecule has 1 heterocycles. The SMILES string of the molecule is C=C1[C@H](OC=O)C[C@H](O[Si](C)(C)C(C)(C)C)[C@H]1COC1CCCCO1. The van der Waals surface area contributed by atoms with Crippen LogP contribution in [0.1, 0.15) is 46.5 Å². The van der Waals surface area contributed by atoms with E-state index in [4.69, 9.17) is 18.6 Å². The molecule has 5 nitrogen and oxygen atoms in total. The van der Waals surface area contributed by atoms with Crippen molar-refractivity contribution in [1.29, 1.82) is 0 Å². The fourth-order valence-corrected chi connectivity index (χ4v) is 4.54. The zero-order valence-electron chi connectivity index (χ0n) is 16.4. The van der Waals surface area contributed by atoms with Crippen molar-refractivity contribution in [3.63, 3.8) is 0 Å². The third-order valence-electron chi connectivity index (χ3n) is 5.86. The van der Waals surface area contributed by atoms with Crippen LogP contribution in [0.4, 0.5) is 0 Å². The minimum absolute atomic E-state index is 0.0260. The summed E-state index contributed by atoms with van der Waals surface area (Å²) in [7, 11) is -1.93. The Bertz CT molecular complexity index is 465. The maximum Gasteiger partial charge on any atom is 0.293 e. The summed E-state index contributed by atoms with van der Waals surface area (Å²) in [6, 6.07) is 0. The van der Waals surface area contributed by atoms with Gasteiger partial charge in [-0.2, -0.15) is 0 Å². The Morgan fingerprint density at radius 1 is 1.32 bits per heavy atom. The predicted molar refractivity (Wildman–Crippen MR) is 99.8 cm³/mol. The van der Waals surface area contributed by atoms with Gasteiger partial charge >= 0.3 is 0 Å². The van der Waals surface area contributed by atoms with E-state index in [1.54, 1.807) is 0 Å². The van der Waals surface area contributed by atoms with Gasteiger partial charge in [0.05, 0.1) is 12.7 Å². The molecule has 1 aliphatic heterocycles. The molecule has 144 valence electrons. The summed E-state index contributed by atoms with van der Waals surface area (Å²) in [5, 5.41) is 0.121. The number of carbonyl (C=O) groups is 1. The lowest BCUT2D eigenvalue weighted by atomic mass is 10.0. The number of hydrogen-bond donors (Lipinski definition) is 0. The minimum atomic E-state index is -1.93. The van der Waals surface area contributed by atoms with Crippen molar-refractivity contribution in [2.45, 2.75) is 83.1 Å². The van der Waals surface area contributed by atoms with Gasteiger partial charge in [-0.25, -0.2) is 0 Å². The lowest BCUT2D eigenvalue weighted by Crippen LogP contribution is -2.45. The van der Waals surface area contributed by atoms with Gasteiger partial charge in [-0.3, -0.25) is 4.79 Å². The molecule has 0 bridgehead atoms. The van der Waals surface area contributed by atoms with Gasteiger partial charge in [0, 0.05) is 18.9 Å². The molecule has 4 atom stereocenters. The van der Waals surface area contributed by atoms with E-state index in [-0.39, 0.29) is 29.5 Å². The van der Waals surface area contributed by atoms with E-state index in [1.165, 1.54) is 0 Å². The summed E-state index contributed by atoms with van der Waals surface area (Å²) in [6.45, 7) is 17.1. The molecule has 25 heavy (non-hydrogen) atoms. The summed E-state index contributed by atoms with van der Waals surface area (Å²) in [5.41, 5.74) is 0.895. The smallest absolute Gasteiger partial charge is 0.293 e. The standard InChI is InChI=1S/C19H34O5Si/c1-14-15(12-22-18-9-7-8-10-21-18)17(11-16(14)23-13-20)24-25(5,6)19(2,3)4/h13,15-18H,1,7-12H2,2-6H3/t15-,16+,17-,18?/m0/s1. The first-order valence-corrected chi connectivity index (χ1v) is 12.3. The number of carbonyl (C=O) groups excluding carboxylic acids is 1. The van der Waals surface area contributed by atoms with Crippen molar-refractivity contribution in [3.05, 3.63) is 12.2 Å². The van der Waals surface area contributed by atoms with E-state index in [9.17, 15) is 4.79 Å². The van der Waals surface area contributed by atoms with Gasteiger partial charge in [-0.05, 0) is 43.0 Å². The Labute approximate surface area is 153 Å². The first kappa shape index (κ1) is 20.6. The van der Waals surface area contributed by atoms with E-state index >= 15 is 0 Å². The Kier molecular flexibility index (Phi) is 6.87. The highest BCUT2D eigenvalue weighted by Crippen LogP contribution is 2.43. The highest BCUT2D eigenvalue weighted by atomic mass is 28.4. The fraction of sp³-hybridized carbons (Fsp3) is 0.842. The molecule has 0 radical (unpaired) electrons. The normalized spacial score (nSPS) is 31.2. The lowest BCUT2D eigenvalue weighted by molar-refractivity contribution is -0.170. The minimum Gasteiger partial charge on any atom is -0.460 e. The van der Waals surface area contributed by atoms with Gasteiger partial charge < -0.3 is 18.6 Å². The second kappa shape index (κ2) is 8.33. The van der Waals surface area contributed by atoms with E-state index in [0.29, 0.717) is 19.5 Å². The molecule has 0 amide bonds. The third-order valence-corrected chi connectivity index (χ3v) is 10.4. The molecule has 0 spiro atoms. The molecule has 1 saturated carbocycles. The largest absolute Gasteiger partial charge is 0.460 e. The van der Waals surface area contributed by atoms with Gasteiger partial charge in [0.15, 0.2) is 14.6 Å². The van der Waals surface area contributed by atoms with Crippen LogP contribution in [0.25, 0.3) is 0 Å². The highest BCUT2D eigenvalue weighted by molar-refractivity contribution is 6.74. The van der Waals surface area contributed by atoms with Crippen molar-refractivity contribution in [3.8, 4) is 0 Å². The molecule has 2 fully saturated rings. The van der Waals surface area contributed by atoms with Crippen LogP contribution in [-0.2, 0) is 23.4 Å². The predicted octanol–water partition coefficient (Wildman–Crippen LogP) is 4.04. The van der Waals surface area contributed by atoms with Crippen molar-refractivity contribution in [2.75, 3.05) is 13.2 Å². The van der Waals surface area contributed by atoms with Gasteiger partial charge in [-0.15, -0.1) is 0 Å². The molecular formula is C19H34O5Si. The molecule has 0 aromatic carbocycles. The molecule has 0 N–H and O–H groups in total. The Hall–Kier alpha value is -0.693. The van der Waals surface area contributed by atoms with E-state index < -0.39 is 8.32 Å². The monoisotopic (exact) mass is 370 g/mol. The topological polar surface area (TPSA) is 54.0 Å². The lowest BCUT2D eigenvalue weighted by Gasteiger charge is -2.40. The van der Waals surface area contributed by atoms with Gasteiger partial charge in [-0.1, -0.05) is 27.4 Å². The van der Waals surface area contributed by atoms with Gasteiger partial charge in [0.1, 0.15) is 6.10 Å². The van der Waals surface area contributed by atoms with Crippen LogP contribution >= 0.6 is 0 Å². The van der Waals surface area contributed by atoms with Crippen molar-refractivity contribution >= 4 is 14.8 Å². The molecule has 1 unspecified atom stereocenters. The van der Waals surface area contributed by atoms with E-state index in [2.05, 4.69) is 40.4 Å². The van der Waals surface area contributed by atoms with Crippen LogP contribution < -0.4 is 0 Å². The summed E-state index contributed by atoms with van der Waals surface area (Å²) in [4.78, 5) is 10.8. The quantitative estimate of drug-likeness (QED) is 0.385. The number of ether oxygens (including phenoxy) is 3. The second-order valence-corrected chi connectivity index (χ2v) is 13.4. The van der Waals surface area contributed by atoms with E-state index in [1.807, 2.05) is 0 Å². The Morgan fingerprint density at radius 2 is 2.04 bits per heavy atom. The Balaban J connectivity index is 2.05. The van der Waals surface area contributed by atoms with Crippen LogP contribution in [0.3, 0.4) is 0 Å². The number of rotatable bonds is 7. The summed E-state index contributed by atoms with van der Waals surface area (Å²) < 4.78 is 23.5. The molecule has 2 rings (SSSR count). The zero-order chi connectivity index (χ0) is 18.7. The average Bonchev–Trinajstić information content (AvgIpc) is 2.81. The summed E-state index contributed by atoms with van der Waals surface area (Å²) >= 11 is 0. The molecule has 0 aromatic heterocycles. The van der Waals surface area contributed by atoms with Gasteiger partial charge in [0.2, 0.25) is 0 Å². The summed E-state index contributed by atoms with van der Waals surface area (Å²) in [6.07, 6.45) is 3.38. The van der Waals surface area contributed by atoms with Crippen molar-refractivity contribution < 1.29 is 23.4 Å². The molecule has 1 saturated heterocycles. The van der Waals surface area contributed by atoms with Crippen LogP contribution in [0.2, 0.25) is 18.1 Å². The third kappa shape index (κ3) is 5.15. The number of hydrogen-bond acceptors (Lipinski definition) is 5. The van der Waals surface area contributed by atoms with Gasteiger partial charge in [0.25, 0.3) is 6.47 Å². The molecular weight excluding hydrogens is 336 g/mol. The van der Waals surface area contributed by atoms with Crippen LogP contribution in [0.15, 0.2) is 12.2 Å². The maximum atomic E-state index is 10.8. The molecule has 6 heteroatoms. The van der Waals surface area contributed by atoms with Crippen LogP contribution in [0.5, 0.6) is 0 Å². The molecule has 1 aliphatic carbocycles. The first-order valence-electron chi connectivity index (χ1n) is 9.34. The fourth-order valence-electron chi connectivity index (χ4n) is 3.17. The van der Waals surface area contributed by atoms with Crippen LogP contribution in [-0.4, -0.2) is 46.5 Å². The summed E-state index contributed by atoms with van der Waals surface area (Å²) in [5.74, 6) is 0.0320. The van der Waals surface area contributed by atoms with Crippen LogP contribution in [0, 0.1) is 5.92 Å².